The average molecular weight is 342 g/mol. The molecule has 0 radical (unpaired) electrons. The highest BCUT2D eigenvalue weighted by atomic mass is 16.2. The second-order valence-electron chi connectivity index (χ2n) is 7.46. The topological polar surface area (TPSA) is 49.4 Å². The van der Waals surface area contributed by atoms with Gasteiger partial charge in [-0.3, -0.25) is 9.59 Å². The summed E-state index contributed by atoms with van der Waals surface area (Å²) >= 11 is 0. The standard InChI is InChI=1S/C21H30N2O2/c1-2-16-6-8-17(9-7-16)10-11-20(24)22-19-12-14-23(15-13-19)21(25)18-4-3-5-18/h6-9,18-19H,2-5,10-15H2,1H3,(H,22,24). The molecule has 2 amide bonds. The lowest BCUT2D eigenvalue weighted by Crippen LogP contribution is -2.48. The summed E-state index contributed by atoms with van der Waals surface area (Å²) < 4.78 is 0. The van der Waals surface area contributed by atoms with Crippen LogP contribution >= 0.6 is 0 Å². The fraction of sp³-hybridized carbons (Fsp3) is 0.619. The third kappa shape index (κ3) is 4.83. The Hall–Kier alpha value is -1.84. The van der Waals surface area contributed by atoms with E-state index in [1.165, 1.54) is 17.5 Å². The lowest BCUT2D eigenvalue weighted by atomic mass is 9.84. The average Bonchev–Trinajstić information content (AvgIpc) is 2.59. The smallest absolute Gasteiger partial charge is 0.225 e. The number of rotatable bonds is 6. The number of nitrogens with zero attached hydrogens (tertiary/aromatic N) is 1. The molecule has 1 N–H and O–H groups in total. The number of amides is 2. The van der Waals surface area contributed by atoms with Crippen molar-refractivity contribution in [3.8, 4) is 0 Å². The normalized spacial score (nSPS) is 18.7. The van der Waals surface area contributed by atoms with Gasteiger partial charge in [-0.2, -0.15) is 0 Å². The summed E-state index contributed by atoms with van der Waals surface area (Å²) in [6.07, 6.45) is 7.46. The highest BCUT2D eigenvalue weighted by molar-refractivity contribution is 5.80. The van der Waals surface area contributed by atoms with Crippen LogP contribution < -0.4 is 5.32 Å². The van der Waals surface area contributed by atoms with Crippen LogP contribution in [0.15, 0.2) is 24.3 Å². The number of nitrogens with one attached hydrogen (secondary N) is 1. The van der Waals surface area contributed by atoms with Crippen LogP contribution in [0.4, 0.5) is 0 Å². The summed E-state index contributed by atoms with van der Waals surface area (Å²) in [4.78, 5) is 26.4. The molecule has 4 heteroatoms. The van der Waals surface area contributed by atoms with Gasteiger partial charge in [-0.25, -0.2) is 0 Å². The van der Waals surface area contributed by atoms with Gasteiger partial charge >= 0.3 is 0 Å². The maximum atomic E-state index is 12.3. The minimum atomic E-state index is 0.128. The van der Waals surface area contributed by atoms with Crippen LogP contribution in [0, 0.1) is 5.92 Å². The van der Waals surface area contributed by atoms with Crippen molar-refractivity contribution < 1.29 is 9.59 Å². The first-order chi connectivity index (χ1) is 12.2. The number of hydrogen-bond acceptors (Lipinski definition) is 2. The van der Waals surface area contributed by atoms with Crippen molar-refractivity contribution in [1.29, 1.82) is 0 Å². The maximum absolute atomic E-state index is 12.3. The maximum Gasteiger partial charge on any atom is 0.225 e. The molecule has 3 rings (SSSR count). The number of aryl methyl sites for hydroxylation is 2. The summed E-state index contributed by atoms with van der Waals surface area (Å²) in [6, 6.07) is 8.75. The van der Waals surface area contributed by atoms with Crippen molar-refractivity contribution in [2.75, 3.05) is 13.1 Å². The SMILES string of the molecule is CCc1ccc(CCC(=O)NC2CCN(C(=O)C3CCC3)CC2)cc1. The monoisotopic (exact) mass is 342 g/mol. The molecule has 1 heterocycles. The Kier molecular flexibility index (Phi) is 6.11. The van der Waals surface area contributed by atoms with Crippen LogP contribution in [0.25, 0.3) is 0 Å². The number of piperidine rings is 1. The highest BCUT2D eigenvalue weighted by Crippen LogP contribution is 2.29. The molecular weight excluding hydrogens is 312 g/mol. The fourth-order valence-corrected chi connectivity index (χ4v) is 3.66. The van der Waals surface area contributed by atoms with E-state index in [-0.39, 0.29) is 17.9 Å². The Morgan fingerprint density at radius 2 is 1.68 bits per heavy atom. The zero-order chi connectivity index (χ0) is 17.6. The molecule has 1 aromatic rings. The summed E-state index contributed by atoms with van der Waals surface area (Å²) in [5, 5.41) is 3.15. The zero-order valence-corrected chi connectivity index (χ0v) is 15.3. The van der Waals surface area contributed by atoms with Crippen molar-refractivity contribution in [2.24, 2.45) is 5.92 Å². The van der Waals surface area contributed by atoms with E-state index in [2.05, 4.69) is 36.5 Å². The van der Waals surface area contributed by atoms with Crippen LogP contribution in [0.1, 0.15) is 56.6 Å². The van der Waals surface area contributed by atoms with E-state index in [1.807, 2.05) is 4.90 Å². The molecule has 2 aliphatic rings. The Bertz CT molecular complexity index is 584. The van der Waals surface area contributed by atoms with Crippen LogP contribution in [-0.2, 0) is 22.4 Å². The largest absolute Gasteiger partial charge is 0.353 e. The van der Waals surface area contributed by atoms with Crippen molar-refractivity contribution in [2.45, 2.75) is 64.3 Å². The van der Waals surface area contributed by atoms with Crippen molar-refractivity contribution in [1.82, 2.24) is 10.2 Å². The first kappa shape index (κ1) is 18.0. The summed E-state index contributed by atoms with van der Waals surface area (Å²) in [5.74, 6) is 0.750. The molecule has 0 atom stereocenters. The Morgan fingerprint density at radius 1 is 1.04 bits per heavy atom. The van der Waals surface area contributed by atoms with E-state index in [1.54, 1.807) is 0 Å². The molecule has 1 aliphatic carbocycles. The van der Waals surface area contributed by atoms with Crippen LogP contribution in [-0.4, -0.2) is 35.8 Å². The molecule has 25 heavy (non-hydrogen) atoms. The lowest BCUT2D eigenvalue weighted by molar-refractivity contribution is -0.139. The van der Waals surface area contributed by atoms with Crippen molar-refractivity contribution >= 4 is 11.8 Å². The number of carbonyl (C=O) groups is 2. The van der Waals surface area contributed by atoms with E-state index in [0.717, 1.165) is 51.6 Å². The van der Waals surface area contributed by atoms with Crippen LogP contribution in [0.2, 0.25) is 0 Å². The van der Waals surface area contributed by atoms with Crippen LogP contribution in [0.3, 0.4) is 0 Å². The van der Waals surface area contributed by atoms with Gasteiger partial charge in [-0.1, -0.05) is 37.6 Å². The molecular formula is C21H30N2O2. The zero-order valence-electron chi connectivity index (χ0n) is 15.3. The predicted molar refractivity (Wildman–Crippen MR) is 99.2 cm³/mol. The van der Waals surface area contributed by atoms with Gasteiger partial charge in [0.1, 0.15) is 0 Å². The second-order valence-corrected chi connectivity index (χ2v) is 7.46. The summed E-state index contributed by atoms with van der Waals surface area (Å²) in [7, 11) is 0. The van der Waals surface area contributed by atoms with Gasteiger partial charge in [0.25, 0.3) is 0 Å². The molecule has 1 saturated heterocycles. The van der Waals surface area contributed by atoms with Gasteiger partial charge in [0, 0.05) is 31.5 Å². The van der Waals surface area contributed by atoms with Crippen LogP contribution in [0.5, 0.6) is 0 Å². The van der Waals surface area contributed by atoms with E-state index < -0.39 is 0 Å². The van der Waals surface area contributed by atoms with Gasteiger partial charge < -0.3 is 10.2 Å². The molecule has 1 aromatic carbocycles. The summed E-state index contributed by atoms with van der Waals surface area (Å²) in [5.41, 5.74) is 2.55. The van der Waals surface area contributed by atoms with E-state index >= 15 is 0 Å². The van der Waals surface area contributed by atoms with E-state index in [0.29, 0.717) is 12.3 Å². The molecule has 0 spiro atoms. The number of hydrogen-bond donors (Lipinski definition) is 1. The molecule has 2 fully saturated rings. The third-order valence-electron chi connectivity index (χ3n) is 5.70. The van der Waals surface area contributed by atoms with Gasteiger partial charge in [-0.05, 0) is 49.7 Å². The van der Waals surface area contributed by atoms with Gasteiger partial charge in [0.15, 0.2) is 0 Å². The first-order valence-electron chi connectivity index (χ1n) is 9.81. The minimum absolute atomic E-state index is 0.128. The van der Waals surface area contributed by atoms with Gasteiger partial charge in [0.05, 0.1) is 0 Å². The third-order valence-corrected chi connectivity index (χ3v) is 5.70. The Morgan fingerprint density at radius 3 is 2.24 bits per heavy atom. The number of likely N-dealkylation sites (tertiary alicyclic amines) is 1. The van der Waals surface area contributed by atoms with Gasteiger partial charge in [-0.15, -0.1) is 0 Å². The van der Waals surface area contributed by atoms with E-state index in [9.17, 15) is 9.59 Å². The fourth-order valence-electron chi connectivity index (χ4n) is 3.66. The second kappa shape index (κ2) is 8.50. The van der Waals surface area contributed by atoms with E-state index in [4.69, 9.17) is 0 Å². The molecule has 136 valence electrons. The molecule has 0 unspecified atom stereocenters. The number of carbonyl (C=O) groups excluding carboxylic acids is 2. The molecule has 0 bridgehead atoms. The Balaban J connectivity index is 1.36. The minimum Gasteiger partial charge on any atom is -0.353 e. The van der Waals surface area contributed by atoms with Crippen molar-refractivity contribution in [3.05, 3.63) is 35.4 Å². The summed E-state index contributed by atoms with van der Waals surface area (Å²) in [6.45, 7) is 3.73. The number of benzene rings is 1. The lowest BCUT2D eigenvalue weighted by Gasteiger charge is -2.36. The Labute approximate surface area is 151 Å². The molecule has 1 saturated carbocycles. The molecule has 1 aliphatic heterocycles. The predicted octanol–water partition coefficient (Wildman–Crippen LogP) is 3.09. The molecule has 0 aromatic heterocycles. The quantitative estimate of drug-likeness (QED) is 0.864. The van der Waals surface area contributed by atoms with Gasteiger partial charge in [0.2, 0.25) is 11.8 Å². The molecule has 4 nitrogen and oxygen atoms in total. The van der Waals surface area contributed by atoms with Crippen molar-refractivity contribution in [3.63, 3.8) is 0 Å². The highest BCUT2D eigenvalue weighted by Gasteiger charge is 2.31. The first-order valence-corrected chi connectivity index (χ1v) is 9.81.